The van der Waals surface area contributed by atoms with E-state index in [1.807, 2.05) is 27.7 Å². The predicted molar refractivity (Wildman–Crippen MR) is 107 cm³/mol. The summed E-state index contributed by atoms with van der Waals surface area (Å²) in [4.78, 5) is 29.5. The van der Waals surface area contributed by atoms with Crippen LogP contribution in [0.2, 0.25) is 0 Å². The lowest BCUT2D eigenvalue weighted by molar-refractivity contribution is -0.119. The Kier molecular flexibility index (Phi) is 8.23. The van der Waals surface area contributed by atoms with Crippen LogP contribution in [0.5, 0.6) is 0 Å². The summed E-state index contributed by atoms with van der Waals surface area (Å²) in [5.74, 6) is 0.538. The van der Waals surface area contributed by atoms with E-state index in [9.17, 15) is 9.59 Å². The highest BCUT2D eigenvalue weighted by Gasteiger charge is 2.34. The maximum absolute atomic E-state index is 11.9. The lowest BCUT2D eigenvalue weighted by atomic mass is 10.1. The van der Waals surface area contributed by atoms with Gasteiger partial charge in [0.2, 0.25) is 5.91 Å². The van der Waals surface area contributed by atoms with Crippen LogP contribution in [0.15, 0.2) is 4.99 Å². The number of guanidine groups is 1. The van der Waals surface area contributed by atoms with Crippen molar-refractivity contribution in [2.24, 2.45) is 4.99 Å². The lowest BCUT2D eigenvalue weighted by Gasteiger charge is -2.40. The van der Waals surface area contributed by atoms with Crippen molar-refractivity contribution in [1.82, 2.24) is 20.9 Å². The Morgan fingerprint density at radius 2 is 1.80 bits per heavy atom. The monoisotopic (exact) mass is 467 g/mol. The maximum atomic E-state index is 11.9. The molecule has 2 aliphatic rings. The second kappa shape index (κ2) is 9.44. The van der Waals surface area contributed by atoms with Gasteiger partial charge in [-0.2, -0.15) is 0 Å². The first-order valence-electron chi connectivity index (χ1n) is 8.59. The number of halogens is 1. The third-order valence-corrected chi connectivity index (χ3v) is 3.54. The van der Waals surface area contributed by atoms with Gasteiger partial charge in [0, 0.05) is 25.7 Å². The molecule has 0 bridgehead atoms. The number of ether oxygens (including phenoxy) is 1. The molecule has 0 unspecified atom stereocenters. The van der Waals surface area contributed by atoms with Gasteiger partial charge in [0.15, 0.2) is 5.96 Å². The molecule has 0 radical (unpaired) electrons. The lowest BCUT2D eigenvalue weighted by Crippen LogP contribution is -2.63. The van der Waals surface area contributed by atoms with Crippen molar-refractivity contribution in [2.75, 3.05) is 26.2 Å². The second-order valence-corrected chi connectivity index (χ2v) is 7.26. The summed E-state index contributed by atoms with van der Waals surface area (Å²) in [5.41, 5.74) is -0.485. The minimum absolute atomic E-state index is 0. The Labute approximate surface area is 166 Å². The molecule has 9 heteroatoms. The number of amides is 2. The molecule has 0 aromatic heterocycles. The quantitative estimate of drug-likeness (QED) is 0.320. The second-order valence-electron chi connectivity index (χ2n) is 7.26. The Morgan fingerprint density at radius 1 is 1.16 bits per heavy atom. The molecule has 1 heterocycles. The number of carbonyl (C=O) groups excluding carboxylic acids is 2. The molecule has 0 spiro atoms. The van der Waals surface area contributed by atoms with Crippen LogP contribution in [0.1, 0.15) is 40.5 Å². The van der Waals surface area contributed by atoms with E-state index >= 15 is 0 Å². The molecule has 1 aliphatic heterocycles. The van der Waals surface area contributed by atoms with Gasteiger partial charge in [-0.3, -0.25) is 4.79 Å². The Bertz CT molecular complexity index is 496. The van der Waals surface area contributed by atoms with Crippen molar-refractivity contribution >= 4 is 41.9 Å². The highest BCUT2D eigenvalue weighted by Crippen LogP contribution is 2.18. The first kappa shape index (κ1) is 21.8. The highest BCUT2D eigenvalue weighted by atomic mass is 127. The topological polar surface area (TPSA) is 95.1 Å². The molecule has 2 amide bonds. The zero-order valence-electron chi connectivity index (χ0n) is 15.4. The number of nitrogens with zero attached hydrogens (tertiary/aromatic N) is 2. The van der Waals surface area contributed by atoms with Gasteiger partial charge in [-0.05, 0) is 40.5 Å². The molecular weight excluding hydrogens is 437 g/mol. The molecule has 0 atom stereocenters. The van der Waals surface area contributed by atoms with E-state index in [0.717, 1.165) is 12.8 Å². The largest absolute Gasteiger partial charge is 0.444 e. The van der Waals surface area contributed by atoms with Crippen LogP contribution in [0.3, 0.4) is 0 Å². The number of nitrogens with one attached hydrogen (secondary N) is 3. The van der Waals surface area contributed by atoms with E-state index < -0.39 is 5.60 Å². The number of rotatable bonds is 5. The molecule has 2 fully saturated rings. The fourth-order valence-electron chi connectivity index (χ4n) is 2.21. The number of likely N-dealkylation sites (tertiary alicyclic amines) is 1. The van der Waals surface area contributed by atoms with Gasteiger partial charge in [-0.1, -0.05) is 0 Å². The highest BCUT2D eigenvalue weighted by molar-refractivity contribution is 14.0. The van der Waals surface area contributed by atoms with E-state index in [2.05, 4.69) is 20.9 Å². The molecule has 2 rings (SSSR count). The van der Waals surface area contributed by atoms with E-state index in [-0.39, 0.29) is 48.6 Å². The van der Waals surface area contributed by atoms with E-state index in [1.165, 1.54) is 0 Å². The van der Waals surface area contributed by atoms with Crippen molar-refractivity contribution in [3.8, 4) is 0 Å². The zero-order valence-corrected chi connectivity index (χ0v) is 17.8. The summed E-state index contributed by atoms with van der Waals surface area (Å²) in [6.07, 6.45) is 1.83. The molecule has 8 nitrogen and oxygen atoms in total. The normalized spacial score (nSPS) is 17.9. The maximum Gasteiger partial charge on any atom is 0.410 e. The molecule has 144 valence electrons. The van der Waals surface area contributed by atoms with Gasteiger partial charge in [-0.15, -0.1) is 24.0 Å². The van der Waals surface area contributed by atoms with Crippen molar-refractivity contribution in [2.45, 2.75) is 58.2 Å². The van der Waals surface area contributed by atoms with Gasteiger partial charge in [-0.25, -0.2) is 9.79 Å². The van der Waals surface area contributed by atoms with Crippen LogP contribution >= 0.6 is 24.0 Å². The van der Waals surface area contributed by atoms with Gasteiger partial charge in [0.25, 0.3) is 0 Å². The van der Waals surface area contributed by atoms with E-state index in [1.54, 1.807) is 4.90 Å². The van der Waals surface area contributed by atoms with Crippen LogP contribution < -0.4 is 16.0 Å². The summed E-state index contributed by atoms with van der Waals surface area (Å²) >= 11 is 0. The van der Waals surface area contributed by atoms with Crippen molar-refractivity contribution in [3.63, 3.8) is 0 Å². The van der Waals surface area contributed by atoms with Crippen LogP contribution in [0, 0.1) is 0 Å². The molecule has 1 aliphatic carbocycles. The predicted octanol–water partition coefficient (Wildman–Crippen LogP) is 1.06. The van der Waals surface area contributed by atoms with Gasteiger partial charge < -0.3 is 25.6 Å². The zero-order chi connectivity index (χ0) is 17.7. The first-order valence-corrected chi connectivity index (χ1v) is 8.59. The average Bonchev–Trinajstić information content (AvgIpc) is 3.21. The summed E-state index contributed by atoms with van der Waals surface area (Å²) in [7, 11) is 0. The van der Waals surface area contributed by atoms with Crippen molar-refractivity contribution in [3.05, 3.63) is 0 Å². The number of hydrogen-bond donors (Lipinski definition) is 3. The molecule has 0 aromatic carbocycles. The van der Waals surface area contributed by atoms with Crippen LogP contribution in [-0.4, -0.2) is 66.7 Å². The molecule has 25 heavy (non-hydrogen) atoms. The fourth-order valence-corrected chi connectivity index (χ4v) is 2.21. The molecule has 1 saturated heterocycles. The molecular formula is C16H30IN5O3. The van der Waals surface area contributed by atoms with Gasteiger partial charge in [0.1, 0.15) is 12.1 Å². The smallest absolute Gasteiger partial charge is 0.410 e. The van der Waals surface area contributed by atoms with Crippen LogP contribution in [0.25, 0.3) is 0 Å². The van der Waals surface area contributed by atoms with Gasteiger partial charge in [0.05, 0.1) is 6.04 Å². The molecule has 1 saturated carbocycles. The fraction of sp³-hybridized carbons (Fsp3) is 0.812. The summed E-state index contributed by atoms with van der Waals surface area (Å²) in [6, 6.07) is 0.457. The van der Waals surface area contributed by atoms with Crippen LogP contribution in [0.4, 0.5) is 4.79 Å². The van der Waals surface area contributed by atoms with Crippen molar-refractivity contribution in [1.29, 1.82) is 0 Å². The Hall–Kier alpha value is -1.26. The minimum Gasteiger partial charge on any atom is -0.444 e. The van der Waals surface area contributed by atoms with Crippen LogP contribution in [-0.2, 0) is 9.53 Å². The first-order chi connectivity index (χ1) is 11.3. The SMILES string of the molecule is CCNC(=NCC(=O)NC1CC1)NC1CN(C(=O)OC(C)(C)C)C1.I. The summed E-state index contributed by atoms with van der Waals surface area (Å²) < 4.78 is 5.32. The Balaban J connectivity index is 0.00000312. The Morgan fingerprint density at radius 3 is 2.32 bits per heavy atom. The standard InChI is InChI=1S/C16H29N5O3.HI/c1-5-17-14(18-8-13(22)19-11-6-7-11)20-12-9-21(10-12)15(23)24-16(2,3)4;/h11-12H,5-10H2,1-4H3,(H,19,22)(H2,17,18,20);1H. The molecule has 3 N–H and O–H groups in total. The number of carbonyl (C=O) groups is 2. The third kappa shape index (κ3) is 8.10. The van der Waals surface area contributed by atoms with Crippen molar-refractivity contribution < 1.29 is 14.3 Å². The summed E-state index contributed by atoms with van der Waals surface area (Å²) in [6.45, 7) is 9.46. The number of hydrogen-bond acceptors (Lipinski definition) is 4. The number of aliphatic imine (C=N–C) groups is 1. The van der Waals surface area contributed by atoms with E-state index in [4.69, 9.17) is 4.74 Å². The average molecular weight is 467 g/mol. The van der Waals surface area contributed by atoms with E-state index in [0.29, 0.717) is 31.6 Å². The molecule has 0 aromatic rings. The summed E-state index contributed by atoms with van der Waals surface area (Å²) in [5, 5.41) is 9.25. The third-order valence-electron chi connectivity index (χ3n) is 3.54. The minimum atomic E-state index is -0.485. The van der Waals surface area contributed by atoms with Gasteiger partial charge >= 0.3 is 6.09 Å².